The van der Waals surface area contributed by atoms with Crippen molar-refractivity contribution in [2.24, 2.45) is 0 Å². The third kappa shape index (κ3) is 7.79. The Bertz CT molecular complexity index is 552. The van der Waals surface area contributed by atoms with Crippen molar-refractivity contribution in [2.45, 2.75) is 45.7 Å². The number of amides is 2. The number of carbonyl (C=O) groups is 2. The highest BCUT2D eigenvalue weighted by Gasteiger charge is 2.18. The quantitative estimate of drug-likeness (QED) is 0.792. The lowest BCUT2D eigenvalue weighted by atomic mass is 10.0. The molecule has 0 radical (unpaired) electrons. The van der Waals surface area contributed by atoms with E-state index in [2.05, 4.69) is 10.6 Å². The second kappa shape index (κ2) is 9.04. The van der Waals surface area contributed by atoms with Crippen molar-refractivity contribution in [1.82, 2.24) is 15.5 Å². The molecule has 134 valence electrons. The van der Waals surface area contributed by atoms with E-state index in [1.165, 1.54) is 0 Å². The van der Waals surface area contributed by atoms with Crippen LogP contribution in [-0.2, 0) is 9.59 Å². The van der Waals surface area contributed by atoms with Gasteiger partial charge in [-0.05, 0) is 51.9 Å². The van der Waals surface area contributed by atoms with Crippen LogP contribution in [0.2, 0.25) is 5.02 Å². The number of nitrogens with zero attached hydrogens (tertiary/aromatic N) is 1. The van der Waals surface area contributed by atoms with Crippen LogP contribution < -0.4 is 10.6 Å². The lowest BCUT2D eigenvalue weighted by Gasteiger charge is -2.24. The zero-order valence-electron chi connectivity index (χ0n) is 15.1. The van der Waals surface area contributed by atoms with Crippen LogP contribution in [0.1, 0.15) is 45.7 Å². The highest BCUT2D eigenvalue weighted by atomic mass is 35.5. The van der Waals surface area contributed by atoms with E-state index >= 15 is 0 Å². The van der Waals surface area contributed by atoms with E-state index < -0.39 is 0 Å². The van der Waals surface area contributed by atoms with E-state index in [1.807, 2.05) is 52.0 Å². The smallest absolute Gasteiger partial charge is 0.234 e. The third-order valence-electron chi connectivity index (χ3n) is 3.36. The van der Waals surface area contributed by atoms with Crippen LogP contribution in [0.25, 0.3) is 0 Å². The fraction of sp³-hybridized carbons (Fsp3) is 0.556. The summed E-state index contributed by atoms with van der Waals surface area (Å²) in [6.07, 6.45) is 0.779. The summed E-state index contributed by atoms with van der Waals surface area (Å²) in [4.78, 5) is 25.8. The number of hydrogen-bond donors (Lipinski definition) is 2. The molecule has 5 nitrogen and oxygen atoms in total. The summed E-state index contributed by atoms with van der Waals surface area (Å²) < 4.78 is 0. The normalized spacial score (nSPS) is 12.8. The number of rotatable bonds is 7. The molecule has 0 saturated carbocycles. The van der Waals surface area contributed by atoms with Crippen molar-refractivity contribution in [3.8, 4) is 0 Å². The Morgan fingerprint density at radius 3 is 2.17 bits per heavy atom. The Hall–Kier alpha value is -1.59. The van der Waals surface area contributed by atoms with E-state index in [0.29, 0.717) is 5.02 Å². The molecule has 6 heteroatoms. The van der Waals surface area contributed by atoms with Gasteiger partial charge in [-0.1, -0.05) is 30.7 Å². The second-order valence-electron chi connectivity index (χ2n) is 7.05. The average Bonchev–Trinajstić information content (AvgIpc) is 2.43. The summed E-state index contributed by atoms with van der Waals surface area (Å²) in [5.74, 6) is -0.203. The molecule has 2 amide bonds. The van der Waals surface area contributed by atoms with Gasteiger partial charge in [0.15, 0.2) is 0 Å². The van der Waals surface area contributed by atoms with Crippen LogP contribution in [0.3, 0.4) is 0 Å². The van der Waals surface area contributed by atoms with Crippen LogP contribution >= 0.6 is 11.6 Å². The van der Waals surface area contributed by atoms with Crippen molar-refractivity contribution in [2.75, 3.05) is 20.1 Å². The maximum Gasteiger partial charge on any atom is 0.234 e. The maximum absolute atomic E-state index is 12.2. The molecule has 1 rings (SSSR count). The molecule has 1 atom stereocenters. The molecule has 1 aromatic rings. The van der Waals surface area contributed by atoms with Crippen molar-refractivity contribution in [3.63, 3.8) is 0 Å². The number of carbonyl (C=O) groups excluding carboxylic acids is 2. The molecule has 0 saturated heterocycles. The molecule has 1 unspecified atom stereocenters. The predicted molar refractivity (Wildman–Crippen MR) is 98.0 cm³/mol. The van der Waals surface area contributed by atoms with Crippen LogP contribution in [0.15, 0.2) is 24.3 Å². The fourth-order valence-electron chi connectivity index (χ4n) is 2.36. The minimum absolute atomic E-state index is 0.0634. The molecule has 0 heterocycles. The number of likely N-dealkylation sites (N-methyl/N-ethyl adjacent to an activating group) is 1. The lowest BCUT2D eigenvalue weighted by molar-refractivity contribution is -0.125. The molecule has 0 spiro atoms. The first kappa shape index (κ1) is 20.5. The monoisotopic (exact) mass is 353 g/mol. The Morgan fingerprint density at radius 1 is 1.12 bits per heavy atom. The number of hydrogen-bond acceptors (Lipinski definition) is 3. The van der Waals surface area contributed by atoms with E-state index in [1.54, 1.807) is 11.9 Å². The Labute approximate surface area is 149 Å². The Morgan fingerprint density at radius 2 is 1.67 bits per heavy atom. The van der Waals surface area contributed by atoms with E-state index in [0.717, 1.165) is 12.0 Å². The summed E-state index contributed by atoms with van der Waals surface area (Å²) in [5, 5.41) is 6.55. The summed E-state index contributed by atoms with van der Waals surface area (Å²) in [5.41, 5.74) is 0.741. The molecule has 0 bridgehead atoms. The van der Waals surface area contributed by atoms with Gasteiger partial charge in [0.1, 0.15) is 0 Å². The zero-order chi connectivity index (χ0) is 18.3. The average molecular weight is 354 g/mol. The summed E-state index contributed by atoms with van der Waals surface area (Å²) in [6, 6.07) is 7.39. The van der Waals surface area contributed by atoms with Gasteiger partial charge >= 0.3 is 0 Å². The molecule has 2 N–H and O–H groups in total. The van der Waals surface area contributed by atoms with Gasteiger partial charge in [0.05, 0.1) is 19.1 Å². The Kier molecular flexibility index (Phi) is 7.70. The van der Waals surface area contributed by atoms with Crippen molar-refractivity contribution in [1.29, 1.82) is 0 Å². The van der Waals surface area contributed by atoms with Crippen LogP contribution in [0, 0.1) is 0 Å². The summed E-state index contributed by atoms with van der Waals surface area (Å²) >= 11 is 5.90. The molecular weight excluding hydrogens is 326 g/mol. The largest absolute Gasteiger partial charge is 0.350 e. The first-order valence-electron chi connectivity index (χ1n) is 8.15. The minimum atomic E-state index is -0.276. The first-order chi connectivity index (χ1) is 11.1. The summed E-state index contributed by atoms with van der Waals surface area (Å²) in [6.45, 7) is 8.14. The standard InChI is InChI=1S/C18H28ClN3O2/c1-6-15(13-7-9-14(19)10-8-13)20-16(23)11-22(5)12-17(24)21-18(2,3)4/h7-10,15H,6,11-12H2,1-5H3,(H,20,23)(H,21,24). The zero-order valence-corrected chi connectivity index (χ0v) is 15.9. The molecule has 1 aromatic carbocycles. The van der Waals surface area contributed by atoms with E-state index in [-0.39, 0.29) is 36.5 Å². The van der Waals surface area contributed by atoms with Gasteiger partial charge in [-0.15, -0.1) is 0 Å². The molecular formula is C18H28ClN3O2. The molecule has 0 fully saturated rings. The van der Waals surface area contributed by atoms with E-state index in [9.17, 15) is 9.59 Å². The predicted octanol–water partition coefficient (Wildman–Crippen LogP) is 2.75. The number of halogens is 1. The van der Waals surface area contributed by atoms with Crippen LogP contribution in [-0.4, -0.2) is 42.4 Å². The summed E-state index contributed by atoms with van der Waals surface area (Å²) in [7, 11) is 1.76. The van der Waals surface area contributed by atoms with E-state index in [4.69, 9.17) is 11.6 Å². The molecule has 0 aromatic heterocycles. The van der Waals surface area contributed by atoms with Gasteiger partial charge in [0.2, 0.25) is 11.8 Å². The lowest BCUT2D eigenvalue weighted by Crippen LogP contribution is -2.47. The van der Waals surface area contributed by atoms with Crippen LogP contribution in [0.4, 0.5) is 0 Å². The number of benzene rings is 1. The van der Waals surface area contributed by atoms with Gasteiger partial charge in [0, 0.05) is 10.6 Å². The topological polar surface area (TPSA) is 61.4 Å². The molecule has 0 aliphatic heterocycles. The molecule has 24 heavy (non-hydrogen) atoms. The first-order valence-corrected chi connectivity index (χ1v) is 8.53. The number of nitrogens with one attached hydrogen (secondary N) is 2. The second-order valence-corrected chi connectivity index (χ2v) is 7.49. The van der Waals surface area contributed by atoms with Gasteiger partial charge in [-0.3, -0.25) is 14.5 Å². The molecule has 0 aliphatic rings. The molecule has 0 aliphatic carbocycles. The SMILES string of the molecule is CCC(NC(=O)CN(C)CC(=O)NC(C)(C)C)c1ccc(Cl)cc1. The third-order valence-corrected chi connectivity index (χ3v) is 3.61. The van der Waals surface area contributed by atoms with Gasteiger partial charge in [0.25, 0.3) is 0 Å². The fourth-order valence-corrected chi connectivity index (χ4v) is 2.49. The van der Waals surface area contributed by atoms with Crippen molar-refractivity contribution < 1.29 is 9.59 Å². The highest BCUT2D eigenvalue weighted by Crippen LogP contribution is 2.19. The highest BCUT2D eigenvalue weighted by molar-refractivity contribution is 6.30. The van der Waals surface area contributed by atoms with Gasteiger partial charge in [-0.2, -0.15) is 0 Å². The minimum Gasteiger partial charge on any atom is -0.350 e. The van der Waals surface area contributed by atoms with Gasteiger partial charge < -0.3 is 10.6 Å². The van der Waals surface area contributed by atoms with Crippen LogP contribution in [0.5, 0.6) is 0 Å². The Balaban J connectivity index is 2.51. The maximum atomic E-state index is 12.2. The van der Waals surface area contributed by atoms with Crippen molar-refractivity contribution in [3.05, 3.63) is 34.9 Å². The van der Waals surface area contributed by atoms with Gasteiger partial charge in [-0.25, -0.2) is 0 Å². The van der Waals surface area contributed by atoms with Crippen molar-refractivity contribution >= 4 is 23.4 Å².